The minimum absolute atomic E-state index is 0.177. The van der Waals surface area contributed by atoms with Crippen LogP contribution >= 0.6 is 0 Å². The fourth-order valence-electron chi connectivity index (χ4n) is 4.35. The van der Waals surface area contributed by atoms with Gasteiger partial charge in [-0.05, 0) is 25.2 Å². The number of imidazole rings is 1. The van der Waals surface area contributed by atoms with Crippen molar-refractivity contribution in [2.45, 2.75) is 19.0 Å². The van der Waals surface area contributed by atoms with Gasteiger partial charge in [0.2, 0.25) is 5.95 Å². The van der Waals surface area contributed by atoms with E-state index in [0.29, 0.717) is 39.3 Å². The van der Waals surface area contributed by atoms with Gasteiger partial charge in [0.05, 0.1) is 24.0 Å². The summed E-state index contributed by atoms with van der Waals surface area (Å²) < 4.78 is 7.74. The van der Waals surface area contributed by atoms with Gasteiger partial charge >= 0.3 is 6.09 Å². The minimum atomic E-state index is -0.872. The normalized spacial score (nSPS) is 18.8. The molecule has 31 heavy (non-hydrogen) atoms. The lowest BCUT2D eigenvalue weighted by atomic mass is 10.1. The zero-order chi connectivity index (χ0) is 21.4. The first kappa shape index (κ1) is 19.6. The summed E-state index contributed by atoms with van der Waals surface area (Å²) in [7, 11) is 2.09. The highest BCUT2D eigenvalue weighted by atomic mass is 16.5. The molecule has 1 atom stereocenters. The molecular weight excluding hydrogens is 398 g/mol. The monoisotopic (exact) mass is 423 g/mol. The zero-order valence-corrected chi connectivity index (χ0v) is 17.4. The smallest absolute Gasteiger partial charge is 0.407 e. The summed E-state index contributed by atoms with van der Waals surface area (Å²) >= 11 is 0. The Morgan fingerprint density at radius 3 is 2.87 bits per heavy atom. The van der Waals surface area contributed by atoms with Gasteiger partial charge < -0.3 is 19.6 Å². The Morgan fingerprint density at radius 1 is 1.23 bits per heavy atom. The molecule has 10 heteroatoms. The van der Waals surface area contributed by atoms with Crippen LogP contribution in [0.15, 0.2) is 36.8 Å². The SMILES string of the molecule is CN(Cc1cn2c(N3CCN(C(=O)O)CC3)nccc2n1)[C@H]1CCOc2cccnc21. The fourth-order valence-corrected chi connectivity index (χ4v) is 4.35. The fraction of sp³-hybridized carbons (Fsp3) is 0.429. The predicted octanol–water partition coefficient (Wildman–Crippen LogP) is 1.88. The topological polar surface area (TPSA) is 99.3 Å². The van der Waals surface area contributed by atoms with Crippen LogP contribution in [0.5, 0.6) is 5.75 Å². The maximum Gasteiger partial charge on any atom is 0.407 e. The number of hydrogen-bond acceptors (Lipinski definition) is 7. The number of fused-ring (bicyclic) bond motifs is 2. The number of carbonyl (C=O) groups is 1. The summed E-state index contributed by atoms with van der Waals surface area (Å²) in [6.45, 7) is 3.50. The van der Waals surface area contributed by atoms with Gasteiger partial charge in [0, 0.05) is 57.7 Å². The molecule has 1 fully saturated rings. The molecule has 162 valence electrons. The molecule has 10 nitrogen and oxygen atoms in total. The van der Waals surface area contributed by atoms with Crippen LogP contribution in [-0.2, 0) is 6.54 Å². The number of rotatable bonds is 4. The van der Waals surface area contributed by atoms with Gasteiger partial charge in [-0.15, -0.1) is 0 Å². The number of piperazine rings is 1. The number of nitrogens with zero attached hydrogens (tertiary/aromatic N) is 7. The molecule has 0 bridgehead atoms. The third-order valence-electron chi connectivity index (χ3n) is 5.95. The van der Waals surface area contributed by atoms with Crippen molar-refractivity contribution < 1.29 is 14.6 Å². The van der Waals surface area contributed by atoms with E-state index in [-0.39, 0.29) is 6.04 Å². The van der Waals surface area contributed by atoms with E-state index in [0.717, 1.165) is 35.2 Å². The van der Waals surface area contributed by atoms with Crippen molar-refractivity contribution in [2.24, 2.45) is 0 Å². The van der Waals surface area contributed by atoms with Gasteiger partial charge in [0.25, 0.3) is 0 Å². The van der Waals surface area contributed by atoms with Crippen molar-refractivity contribution in [1.29, 1.82) is 0 Å². The molecule has 1 amide bonds. The number of amides is 1. The second-order valence-corrected chi connectivity index (χ2v) is 7.92. The van der Waals surface area contributed by atoms with Gasteiger partial charge in [0.15, 0.2) is 0 Å². The Kier molecular flexibility index (Phi) is 5.06. The highest BCUT2D eigenvalue weighted by molar-refractivity contribution is 5.65. The average molecular weight is 423 g/mol. The van der Waals surface area contributed by atoms with Crippen molar-refractivity contribution in [1.82, 2.24) is 29.2 Å². The molecule has 1 N–H and O–H groups in total. The van der Waals surface area contributed by atoms with Crippen LogP contribution in [0.1, 0.15) is 23.9 Å². The average Bonchev–Trinajstić information content (AvgIpc) is 3.21. The van der Waals surface area contributed by atoms with Crippen LogP contribution < -0.4 is 9.64 Å². The molecule has 5 rings (SSSR count). The second-order valence-electron chi connectivity index (χ2n) is 7.92. The van der Waals surface area contributed by atoms with E-state index >= 15 is 0 Å². The van der Waals surface area contributed by atoms with Gasteiger partial charge in [-0.2, -0.15) is 0 Å². The molecule has 0 unspecified atom stereocenters. The molecule has 0 aliphatic carbocycles. The highest BCUT2D eigenvalue weighted by Crippen LogP contribution is 2.34. The van der Waals surface area contributed by atoms with E-state index in [2.05, 4.69) is 26.8 Å². The summed E-state index contributed by atoms with van der Waals surface area (Å²) in [4.78, 5) is 30.9. The maximum absolute atomic E-state index is 11.2. The quantitative estimate of drug-likeness (QED) is 0.679. The summed E-state index contributed by atoms with van der Waals surface area (Å²) in [6.07, 6.45) is 5.60. The summed E-state index contributed by atoms with van der Waals surface area (Å²) in [5, 5.41) is 9.18. The molecule has 1 saturated heterocycles. The third kappa shape index (κ3) is 3.74. The summed E-state index contributed by atoms with van der Waals surface area (Å²) in [5.41, 5.74) is 2.75. The van der Waals surface area contributed by atoms with Gasteiger partial charge in [-0.25, -0.2) is 14.8 Å². The van der Waals surface area contributed by atoms with Crippen LogP contribution in [0.25, 0.3) is 5.65 Å². The number of pyridine rings is 1. The standard InChI is InChI=1S/C21H25N7O3/c1-25(16-5-12-31-17-3-2-6-22-19(16)17)13-15-14-28-18(24-15)4-7-23-20(28)26-8-10-27(11-9-26)21(29)30/h2-4,6-7,14,16H,5,8-13H2,1H3,(H,29,30)/t16-/m0/s1. The maximum atomic E-state index is 11.2. The first-order chi connectivity index (χ1) is 15.1. The van der Waals surface area contributed by atoms with E-state index < -0.39 is 6.09 Å². The zero-order valence-electron chi connectivity index (χ0n) is 17.4. The Morgan fingerprint density at radius 2 is 2.06 bits per heavy atom. The number of ether oxygens (including phenoxy) is 1. The Balaban J connectivity index is 1.35. The van der Waals surface area contributed by atoms with Gasteiger partial charge in [-0.3, -0.25) is 14.3 Å². The second kappa shape index (κ2) is 8.03. The lowest BCUT2D eigenvalue weighted by Crippen LogP contribution is -2.49. The van der Waals surface area contributed by atoms with E-state index in [4.69, 9.17) is 9.72 Å². The third-order valence-corrected chi connectivity index (χ3v) is 5.95. The lowest BCUT2D eigenvalue weighted by molar-refractivity contribution is 0.142. The van der Waals surface area contributed by atoms with Crippen LogP contribution in [0, 0.1) is 0 Å². The number of hydrogen-bond donors (Lipinski definition) is 1. The van der Waals surface area contributed by atoms with E-state index in [9.17, 15) is 9.90 Å². The summed E-state index contributed by atoms with van der Waals surface area (Å²) in [6, 6.07) is 5.94. The molecule has 3 aromatic heterocycles. The first-order valence-electron chi connectivity index (χ1n) is 10.4. The van der Waals surface area contributed by atoms with Crippen molar-refractivity contribution in [3.05, 3.63) is 48.2 Å². The van der Waals surface area contributed by atoms with Crippen LogP contribution in [0.4, 0.5) is 10.7 Å². The van der Waals surface area contributed by atoms with E-state index in [1.807, 2.05) is 28.8 Å². The number of aromatic nitrogens is 4. The number of anilines is 1. The molecule has 2 aliphatic heterocycles. The predicted molar refractivity (Wildman–Crippen MR) is 113 cm³/mol. The molecule has 0 radical (unpaired) electrons. The Hall–Kier alpha value is -3.40. The highest BCUT2D eigenvalue weighted by Gasteiger charge is 2.27. The Labute approximate surface area is 179 Å². The van der Waals surface area contributed by atoms with Crippen molar-refractivity contribution in [2.75, 3.05) is 44.7 Å². The molecule has 3 aromatic rings. The van der Waals surface area contributed by atoms with Crippen molar-refractivity contribution in [3.63, 3.8) is 0 Å². The van der Waals surface area contributed by atoms with Crippen LogP contribution in [0.2, 0.25) is 0 Å². The minimum Gasteiger partial charge on any atom is -0.492 e. The van der Waals surface area contributed by atoms with Gasteiger partial charge in [0.1, 0.15) is 11.4 Å². The molecule has 0 spiro atoms. The Bertz CT molecular complexity index is 1090. The largest absolute Gasteiger partial charge is 0.492 e. The molecule has 2 aliphatic rings. The first-order valence-corrected chi connectivity index (χ1v) is 10.4. The van der Waals surface area contributed by atoms with Crippen molar-refractivity contribution in [3.8, 4) is 5.75 Å². The van der Waals surface area contributed by atoms with E-state index in [1.54, 1.807) is 12.4 Å². The molecule has 0 aromatic carbocycles. The van der Waals surface area contributed by atoms with Gasteiger partial charge in [-0.1, -0.05) is 0 Å². The lowest BCUT2D eigenvalue weighted by Gasteiger charge is -2.33. The van der Waals surface area contributed by atoms with Crippen LogP contribution in [-0.4, -0.2) is 80.2 Å². The molecule has 0 saturated carbocycles. The van der Waals surface area contributed by atoms with Crippen LogP contribution in [0.3, 0.4) is 0 Å². The van der Waals surface area contributed by atoms with E-state index in [1.165, 1.54) is 4.90 Å². The molecule has 5 heterocycles. The van der Waals surface area contributed by atoms with Crippen molar-refractivity contribution >= 4 is 17.7 Å². The summed E-state index contributed by atoms with van der Waals surface area (Å²) in [5.74, 6) is 1.65. The number of carboxylic acid groups (broad SMARTS) is 1. The molecular formula is C21H25N7O3.